The van der Waals surface area contributed by atoms with Crippen molar-refractivity contribution in [1.29, 1.82) is 0 Å². The molecule has 6 nitrogen and oxygen atoms in total. The van der Waals surface area contributed by atoms with Crippen molar-refractivity contribution in [1.82, 2.24) is 20.1 Å². The van der Waals surface area contributed by atoms with Crippen LogP contribution in [0.2, 0.25) is 0 Å². The third kappa shape index (κ3) is 4.28. The van der Waals surface area contributed by atoms with Crippen LogP contribution in [0.15, 0.2) is 48.8 Å². The Morgan fingerprint density at radius 3 is 2.39 bits per heavy atom. The topological polar surface area (TPSA) is 80.0 Å². The van der Waals surface area contributed by atoms with E-state index < -0.39 is 0 Å². The van der Waals surface area contributed by atoms with Crippen LogP contribution >= 0.6 is 0 Å². The Morgan fingerprint density at radius 1 is 1.07 bits per heavy atom. The fourth-order valence-electron chi connectivity index (χ4n) is 2.99. The lowest BCUT2D eigenvalue weighted by molar-refractivity contribution is 0.0922. The van der Waals surface area contributed by atoms with Crippen molar-refractivity contribution in [2.75, 3.05) is 6.61 Å². The quantitative estimate of drug-likeness (QED) is 0.687. The summed E-state index contributed by atoms with van der Waals surface area (Å²) in [4.78, 5) is 17.1. The Hall–Kier alpha value is -2.99. The molecule has 1 amide bonds. The Labute approximate surface area is 165 Å². The van der Waals surface area contributed by atoms with Gasteiger partial charge in [0.05, 0.1) is 6.61 Å². The maximum absolute atomic E-state index is 12.7. The fourth-order valence-corrected chi connectivity index (χ4v) is 2.99. The van der Waals surface area contributed by atoms with Crippen molar-refractivity contribution in [3.63, 3.8) is 0 Å². The van der Waals surface area contributed by atoms with Gasteiger partial charge in [0.15, 0.2) is 5.82 Å². The van der Waals surface area contributed by atoms with Gasteiger partial charge in [0.1, 0.15) is 6.33 Å². The van der Waals surface area contributed by atoms with Crippen LogP contribution in [0.3, 0.4) is 0 Å². The van der Waals surface area contributed by atoms with Gasteiger partial charge < -0.3 is 10.4 Å². The Balaban J connectivity index is 2.12. The molecule has 0 aliphatic carbocycles. The van der Waals surface area contributed by atoms with Crippen LogP contribution in [-0.2, 0) is 0 Å². The average Bonchev–Trinajstić information content (AvgIpc) is 3.18. The molecule has 0 spiro atoms. The van der Waals surface area contributed by atoms with Gasteiger partial charge >= 0.3 is 0 Å². The molecule has 1 aromatic heterocycles. The van der Waals surface area contributed by atoms with Crippen LogP contribution in [-0.4, -0.2) is 38.4 Å². The molecule has 2 aromatic carbocycles. The molecule has 0 aliphatic heterocycles. The lowest BCUT2D eigenvalue weighted by Crippen LogP contribution is -2.35. The van der Waals surface area contributed by atoms with E-state index in [0.717, 1.165) is 16.7 Å². The van der Waals surface area contributed by atoms with Gasteiger partial charge in [-0.1, -0.05) is 29.8 Å². The number of carbonyl (C=O) groups is 1. The third-order valence-corrected chi connectivity index (χ3v) is 4.55. The molecular formula is C22H26N4O2. The van der Waals surface area contributed by atoms with E-state index in [-0.39, 0.29) is 24.6 Å². The van der Waals surface area contributed by atoms with E-state index in [0.29, 0.717) is 11.4 Å². The van der Waals surface area contributed by atoms with Gasteiger partial charge in [-0.05, 0) is 57.0 Å². The van der Waals surface area contributed by atoms with Gasteiger partial charge in [0.2, 0.25) is 0 Å². The maximum Gasteiger partial charge on any atom is 0.251 e. The molecule has 146 valence electrons. The summed E-state index contributed by atoms with van der Waals surface area (Å²) >= 11 is 0. The number of aliphatic hydroxyl groups is 1. The zero-order chi connectivity index (χ0) is 20.3. The normalized spacial score (nSPS) is 12.2. The number of aryl methyl sites for hydroxylation is 1. The number of nitrogens with zero attached hydrogens (tertiary/aromatic N) is 3. The second-order valence-corrected chi connectivity index (χ2v) is 7.34. The summed E-state index contributed by atoms with van der Waals surface area (Å²) in [5, 5.41) is 16.4. The van der Waals surface area contributed by atoms with Gasteiger partial charge in [0, 0.05) is 23.2 Å². The number of aromatic nitrogens is 3. The molecule has 1 heterocycles. The molecule has 0 fully saturated rings. The first kappa shape index (κ1) is 19.8. The zero-order valence-corrected chi connectivity index (χ0v) is 16.7. The summed E-state index contributed by atoms with van der Waals surface area (Å²) in [6.45, 7) is 7.77. The number of rotatable bonds is 6. The molecule has 3 aromatic rings. The van der Waals surface area contributed by atoms with Gasteiger partial charge in [-0.2, -0.15) is 5.10 Å². The Bertz CT molecular complexity index is 961. The van der Waals surface area contributed by atoms with Crippen molar-refractivity contribution in [3.8, 4) is 22.5 Å². The molecule has 0 radical (unpaired) electrons. The van der Waals surface area contributed by atoms with E-state index in [1.54, 1.807) is 6.92 Å². The number of amides is 1. The SMILES string of the molecule is Cc1ccc(-c2cc(C(=O)NC(C)CO)cc(-c3ncnn3C(C)C)c2)cc1. The lowest BCUT2D eigenvalue weighted by Gasteiger charge is -2.15. The van der Waals surface area contributed by atoms with Gasteiger partial charge in [0.25, 0.3) is 5.91 Å². The van der Waals surface area contributed by atoms with E-state index >= 15 is 0 Å². The number of hydrogen-bond donors (Lipinski definition) is 2. The highest BCUT2D eigenvalue weighted by molar-refractivity contribution is 5.97. The third-order valence-electron chi connectivity index (χ3n) is 4.55. The second kappa shape index (κ2) is 8.35. The second-order valence-electron chi connectivity index (χ2n) is 7.34. The first-order valence-corrected chi connectivity index (χ1v) is 9.42. The molecule has 0 aliphatic rings. The monoisotopic (exact) mass is 378 g/mol. The number of carbonyl (C=O) groups excluding carboxylic acids is 1. The summed E-state index contributed by atoms with van der Waals surface area (Å²) in [7, 11) is 0. The zero-order valence-electron chi connectivity index (χ0n) is 16.7. The van der Waals surface area contributed by atoms with Crippen LogP contribution in [0.4, 0.5) is 0 Å². The maximum atomic E-state index is 12.7. The molecule has 0 saturated carbocycles. The van der Waals surface area contributed by atoms with Gasteiger partial charge in [-0.15, -0.1) is 0 Å². The van der Waals surface area contributed by atoms with Crippen LogP contribution < -0.4 is 5.32 Å². The highest BCUT2D eigenvalue weighted by Gasteiger charge is 2.16. The minimum Gasteiger partial charge on any atom is -0.394 e. The van der Waals surface area contributed by atoms with Crippen molar-refractivity contribution < 1.29 is 9.90 Å². The minimum absolute atomic E-state index is 0.113. The van der Waals surface area contributed by atoms with Crippen LogP contribution in [0, 0.1) is 6.92 Å². The van der Waals surface area contributed by atoms with Gasteiger partial charge in [-0.25, -0.2) is 9.67 Å². The van der Waals surface area contributed by atoms with E-state index in [9.17, 15) is 9.90 Å². The summed E-state index contributed by atoms with van der Waals surface area (Å²) in [6.07, 6.45) is 1.53. The van der Waals surface area contributed by atoms with E-state index in [1.165, 1.54) is 11.9 Å². The highest BCUT2D eigenvalue weighted by Crippen LogP contribution is 2.28. The molecule has 3 rings (SSSR count). The van der Waals surface area contributed by atoms with E-state index in [4.69, 9.17) is 0 Å². The Morgan fingerprint density at radius 2 is 1.75 bits per heavy atom. The molecule has 28 heavy (non-hydrogen) atoms. The standard InChI is InChI=1S/C22H26N4O2/c1-14(2)26-21(23-13-24-26)19-9-18(17-7-5-15(3)6-8-17)10-20(11-19)22(28)25-16(4)12-27/h5-11,13-14,16,27H,12H2,1-4H3,(H,25,28). The summed E-state index contributed by atoms with van der Waals surface area (Å²) in [5.41, 5.74) is 4.47. The number of aliphatic hydroxyl groups excluding tert-OH is 1. The molecule has 1 unspecified atom stereocenters. The molecule has 6 heteroatoms. The lowest BCUT2D eigenvalue weighted by atomic mass is 9.98. The first-order valence-electron chi connectivity index (χ1n) is 9.42. The predicted molar refractivity (Wildman–Crippen MR) is 110 cm³/mol. The van der Waals surface area contributed by atoms with Crippen molar-refractivity contribution in [2.45, 2.75) is 39.8 Å². The number of benzene rings is 2. The largest absolute Gasteiger partial charge is 0.394 e. The average molecular weight is 378 g/mol. The number of nitrogens with one attached hydrogen (secondary N) is 1. The number of hydrogen-bond acceptors (Lipinski definition) is 4. The van der Waals surface area contributed by atoms with Crippen molar-refractivity contribution in [3.05, 3.63) is 59.9 Å². The smallest absolute Gasteiger partial charge is 0.251 e. The Kier molecular flexibility index (Phi) is 5.90. The minimum atomic E-state index is -0.321. The summed E-state index contributed by atoms with van der Waals surface area (Å²) in [5.74, 6) is 0.487. The van der Waals surface area contributed by atoms with Gasteiger partial charge in [-0.3, -0.25) is 4.79 Å². The molecule has 2 N–H and O–H groups in total. The van der Waals surface area contributed by atoms with E-state index in [1.807, 2.05) is 67.9 Å². The first-order chi connectivity index (χ1) is 13.4. The summed E-state index contributed by atoms with van der Waals surface area (Å²) < 4.78 is 1.84. The molecular weight excluding hydrogens is 352 g/mol. The van der Waals surface area contributed by atoms with Crippen LogP contribution in [0.5, 0.6) is 0 Å². The van der Waals surface area contributed by atoms with E-state index in [2.05, 4.69) is 15.4 Å². The molecule has 1 atom stereocenters. The predicted octanol–water partition coefficient (Wildman–Crippen LogP) is 3.61. The summed E-state index contributed by atoms with van der Waals surface area (Å²) in [6, 6.07) is 13.7. The highest BCUT2D eigenvalue weighted by atomic mass is 16.3. The van der Waals surface area contributed by atoms with Crippen molar-refractivity contribution in [2.24, 2.45) is 0 Å². The fraction of sp³-hybridized carbons (Fsp3) is 0.318. The van der Waals surface area contributed by atoms with Crippen molar-refractivity contribution >= 4 is 5.91 Å². The van der Waals surface area contributed by atoms with Crippen LogP contribution in [0.25, 0.3) is 22.5 Å². The molecule has 0 bridgehead atoms. The van der Waals surface area contributed by atoms with Crippen LogP contribution in [0.1, 0.15) is 42.7 Å². The molecule has 0 saturated heterocycles.